The molecule has 0 fully saturated rings. The second-order valence-electron chi connectivity index (χ2n) is 5.63. The number of aromatic nitrogens is 3. The van der Waals surface area contributed by atoms with E-state index in [4.69, 9.17) is 4.74 Å². The number of benzene rings is 1. The predicted molar refractivity (Wildman–Crippen MR) is 83.1 cm³/mol. The minimum absolute atomic E-state index is 0.250. The Morgan fingerprint density at radius 2 is 1.90 bits per heavy atom. The Bertz CT molecular complexity index is 548. The van der Waals surface area contributed by atoms with Crippen LogP contribution in [0.4, 0.5) is 0 Å². The number of hydrogen-bond acceptors (Lipinski definition) is 4. The van der Waals surface area contributed by atoms with Gasteiger partial charge in [0, 0.05) is 12.6 Å². The van der Waals surface area contributed by atoms with Crippen molar-refractivity contribution in [2.24, 2.45) is 5.92 Å². The summed E-state index contributed by atoms with van der Waals surface area (Å²) in [5, 5.41) is 7.77. The van der Waals surface area contributed by atoms with Gasteiger partial charge in [0.15, 0.2) is 0 Å². The maximum atomic E-state index is 5.18. The van der Waals surface area contributed by atoms with Gasteiger partial charge < -0.3 is 10.1 Å². The topological polar surface area (TPSA) is 52.0 Å². The van der Waals surface area contributed by atoms with Crippen LogP contribution in [-0.4, -0.2) is 21.9 Å². The first-order valence-corrected chi connectivity index (χ1v) is 7.34. The van der Waals surface area contributed by atoms with Crippen molar-refractivity contribution in [1.29, 1.82) is 0 Å². The van der Waals surface area contributed by atoms with Crippen molar-refractivity contribution in [3.8, 4) is 5.75 Å². The normalized spacial score (nSPS) is 12.6. The molecule has 1 N–H and O–H groups in total. The van der Waals surface area contributed by atoms with Gasteiger partial charge in [-0.05, 0) is 30.5 Å². The summed E-state index contributed by atoms with van der Waals surface area (Å²) in [6.07, 6.45) is 1.62. The van der Waals surface area contributed by atoms with Crippen LogP contribution in [-0.2, 0) is 13.1 Å². The molecule has 0 spiro atoms. The molecule has 5 nitrogen and oxygen atoms in total. The number of nitrogens with zero attached hydrogens (tertiary/aromatic N) is 3. The minimum Gasteiger partial charge on any atom is -0.497 e. The Kier molecular flexibility index (Phi) is 5.33. The molecule has 5 heteroatoms. The van der Waals surface area contributed by atoms with Gasteiger partial charge in [-0.1, -0.05) is 26.0 Å². The smallest absolute Gasteiger partial charge is 0.140 e. The number of ether oxygens (including phenoxy) is 1. The Hall–Kier alpha value is -1.88. The van der Waals surface area contributed by atoms with E-state index in [9.17, 15) is 0 Å². The van der Waals surface area contributed by atoms with Crippen molar-refractivity contribution in [3.05, 3.63) is 42.0 Å². The maximum Gasteiger partial charge on any atom is 0.140 e. The minimum atomic E-state index is 0.250. The molecule has 0 saturated heterocycles. The lowest BCUT2D eigenvalue weighted by Crippen LogP contribution is -2.22. The van der Waals surface area contributed by atoms with Crippen LogP contribution >= 0.6 is 0 Å². The number of rotatable bonds is 7. The van der Waals surface area contributed by atoms with E-state index < -0.39 is 0 Å². The fourth-order valence-electron chi connectivity index (χ4n) is 2.18. The van der Waals surface area contributed by atoms with Crippen molar-refractivity contribution >= 4 is 0 Å². The molecule has 1 heterocycles. The van der Waals surface area contributed by atoms with Gasteiger partial charge in [0.1, 0.15) is 17.9 Å². The zero-order valence-electron chi connectivity index (χ0n) is 13.2. The van der Waals surface area contributed by atoms with Crippen molar-refractivity contribution in [2.75, 3.05) is 7.11 Å². The first kappa shape index (κ1) is 15.5. The first-order valence-electron chi connectivity index (χ1n) is 7.34. The average Bonchev–Trinajstić information content (AvgIpc) is 2.91. The number of hydrogen-bond donors (Lipinski definition) is 1. The van der Waals surface area contributed by atoms with Gasteiger partial charge in [-0.3, -0.25) is 0 Å². The quantitative estimate of drug-likeness (QED) is 0.851. The van der Waals surface area contributed by atoms with Gasteiger partial charge in [0.25, 0.3) is 0 Å². The Morgan fingerprint density at radius 1 is 1.19 bits per heavy atom. The zero-order valence-corrected chi connectivity index (χ0v) is 13.2. The van der Waals surface area contributed by atoms with Crippen LogP contribution in [0.15, 0.2) is 30.6 Å². The van der Waals surface area contributed by atoms with Crippen LogP contribution in [0.3, 0.4) is 0 Å². The van der Waals surface area contributed by atoms with Gasteiger partial charge >= 0.3 is 0 Å². The summed E-state index contributed by atoms with van der Waals surface area (Å²) in [6, 6.07) is 8.37. The SMILES string of the molecule is COc1ccc([C@@H](C)NCc2ncnn2CC(C)C)cc1. The molecule has 21 heavy (non-hydrogen) atoms. The van der Waals surface area contributed by atoms with E-state index in [0.717, 1.165) is 18.1 Å². The lowest BCUT2D eigenvalue weighted by molar-refractivity contribution is 0.414. The summed E-state index contributed by atoms with van der Waals surface area (Å²) < 4.78 is 7.15. The zero-order chi connectivity index (χ0) is 15.2. The van der Waals surface area contributed by atoms with Crippen LogP contribution < -0.4 is 10.1 Å². The fourth-order valence-corrected chi connectivity index (χ4v) is 2.18. The van der Waals surface area contributed by atoms with E-state index in [1.165, 1.54) is 5.56 Å². The van der Waals surface area contributed by atoms with E-state index in [2.05, 4.69) is 48.3 Å². The molecular formula is C16H24N4O. The molecule has 2 aromatic rings. The molecule has 0 amide bonds. The third kappa shape index (κ3) is 4.29. The summed E-state index contributed by atoms with van der Waals surface area (Å²) >= 11 is 0. The monoisotopic (exact) mass is 288 g/mol. The highest BCUT2D eigenvalue weighted by atomic mass is 16.5. The molecule has 114 valence electrons. The van der Waals surface area contributed by atoms with Crippen molar-refractivity contribution in [1.82, 2.24) is 20.1 Å². The summed E-state index contributed by atoms with van der Waals surface area (Å²) in [5.74, 6) is 2.41. The Labute approximate surface area is 126 Å². The van der Waals surface area contributed by atoms with Gasteiger partial charge in [0.2, 0.25) is 0 Å². The molecule has 0 aliphatic heterocycles. The van der Waals surface area contributed by atoms with Crippen molar-refractivity contribution in [2.45, 2.75) is 39.9 Å². The van der Waals surface area contributed by atoms with Gasteiger partial charge in [-0.25, -0.2) is 9.67 Å². The van der Waals surface area contributed by atoms with Crippen LogP contribution in [0, 0.1) is 5.92 Å². The van der Waals surface area contributed by atoms with Gasteiger partial charge in [-0.15, -0.1) is 0 Å². The Balaban J connectivity index is 1.94. The molecule has 1 aromatic heterocycles. The second kappa shape index (κ2) is 7.22. The predicted octanol–water partition coefficient (Wildman–Crippen LogP) is 2.79. The Morgan fingerprint density at radius 3 is 2.52 bits per heavy atom. The van der Waals surface area contributed by atoms with Crippen LogP contribution in [0.25, 0.3) is 0 Å². The molecule has 2 rings (SSSR count). The van der Waals surface area contributed by atoms with E-state index >= 15 is 0 Å². The van der Waals surface area contributed by atoms with E-state index in [1.54, 1.807) is 13.4 Å². The highest BCUT2D eigenvalue weighted by molar-refractivity contribution is 5.28. The van der Waals surface area contributed by atoms with E-state index in [0.29, 0.717) is 12.5 Å². The van der Waals surface area contributed by atoms with Crippen LogP contribution in [0.2, 0.25) is 0 Å². The molecule has 1 atom stereocenters. The van der Waals surface area contributed by atoms with Gasteiger partial charge in [0.05, 0.1) is 13.7 Å². The summed E-state index contributed by atoms with van der Waals surface area (Å²) in [4.78, 5) is 4.33. The standard InChI is InChI=1S/C16H24N4O/c1-12(2)10-20-16(18-11-19-20)9-17-13(3)14-5-7-15(21-4)8-6-14/h5-8,11-13,17H,9-10H2,1-4H3/t13-/m1/s1. The molecule has 0 radical (unpaired) electrons. The third-order valence-corrected chi connectivity index (χ3v) is 3.42. The molecular weight excluding hydrogens is 264 g/mol. The van der Waals surface area contributed by atoms with Crippen molar-refractivity contribution < 1.29 is 4.74 Å². The molecule has 0 aliphatic rings. The van der Waals surface area contributed by atoms with Crippen LogP contribution in [0.5, 0.6) is 5.75 Å². The maximum absolute atomic E-state index is 5.18. The largest absolute Gasteiger partial charge is 0.497 e. The molecule has 0 bridgehead atoms. The second-order valence-corrected chi connectivity index (χ2v) is 5.63. The van der Waals surface area contributed by atoms with Crippen molar-refractivity contribution in [3.63, 3.8) is 0 Å². The molecule has 1 aromatic carbocycles. The highest BCUT2D eigenvalue weighted by Gasteiger charge is 2.09. The number of nitrogens with one attached hydrogen (secondary N) is 1. The molecule has 0 unspecified atom stereocenters. The average molecular weight is 288 g/mol. The summed E-state index contributed by atoms with van der Waals surface area (Å²) in [6.45, 7) is 8.11. The molecule has 0 aliphatic carbocycles. The molecule has 0 saturated carbocycles. The van der Waals surface area contributed by atoms with Gasteiger partial charge in [-0.2, -0.15) is 5.10 Å². The lowest BCUT2D eigenvalue weighted by atomic mass is 10.1. The van der Waals surface area contributed by atoms with Crippen LogP contribution in [0.1, 0.15) is 38.2 Å². The third-order valence-electron chi connectivity index (χ3n) is 3.42. The summed E-state index contributed by atoms with van der Waals surface area (Å²) in [7, 11) is 1.68. The van der Waals surface area contributed by atoms with E-state index in [-0.39, 0.29) is 6.04 Å². The number of methoxy groups -OCH3 is 1. The highest BCUT2D eigenvalue weighted by Crippen LogP contribution is 2.17. The van der Waals surface area contributed by atoms with E-state index in [1.807, 2.05) is 16.8 Å². The first-order chi connectivity index (χ1) is 10.1. The lowest BCUT2D eigenvalue weighted by Gasteiger charge is -2.15. The summed E-state index contributed by atoms with van der Waals surface area (Å²) in [5.41, 5.74) is 1.23. The fraction of sp³-hybridized carbons (Fsp3) is 0.500.